The summed E-state index contributed by atoms with van der Waals surface area (Å²) in [4.78, 5) is 24.0. The third kappa shape index (κ3) is 4.41. The monoisotopic (exact) mass is 363 g/mol. The van der Waals surface area contributed by atoms with Crippen LogP contribution in [0.1, 0.15) is 27.3 Å². The van der Waals surface area contributed by atoms with Crippen molar-refractivity contribution in [2.75, 3.05) is 12.4 Å². The molecule has 1 N–H and O–H groups in total. The maximum Gasteiger partial charge on any atom is 0.277 e. The molecule has 0 fully saturated rings. The van der Waals surface area contributed by atoms with Crippen LogP contribution in [0.5, 0.6) is 5.75 Å². The van der Waals surface area contributed by atoms with Crippen LogP contribution in [0.4, 0.5) is 10.2 Å². The quantitative estimate of drug-likeness (QED) is 0.748. The summed E-state index contributed by atoms with van der Waals surface area (Å²) in [6, 6.07) is 9.97. The Morgan fingerprint density at radius 3 is 2.59 bits per heavy atom. The number of ether oxygens (including phenoxy) is 1. The Balaban J connectivity index is 1.66. The molecule has 0 saturated heterocycles. The Morgan fingerprint density at radius 1 is 1.15 bits per heavy atom. The standard InChI is InChI=1S/C19H14FN5O2/c1-27-17-7-12(2-4-15(17)20)6-13-3-5-18(24-9-13)25-19(26)16-11-22-14(8-21)10-23-16/h2-5,7,9-11H,6H2,1H3,(H,24,25,26). The Bertz CT molecular complexity index is 998. The van der Waals surface area contributed by atoms with E-state index in [0.717, 1.165) is 11.1 Å². The zero-order chi connectivity index (χ0) is 19.2. The maximum absolute atomic E-state index is 13.5. The minimum absolute atomic E-state index is 0.0817. The molecule has 3 aromatic rings. The van der Waals surface area contributed by atoms with Crippen LogP contribution in [0.15, 0.2) is 48.9 Å². The summed E-state index contributed by atoms with van der Waals surface area (Å²) in [7, 11) is 1.42. The molecule has 1 aromatic carbocycles. The fourth-order valence-corrected chi connectivity index (χ4v) is 2.34. The molecule has 27 heavy (non-hydrogen) atoms. The van der Waals surface area contributed by atoms with Gasteiger partial charge in [0.05, 0.1) is 19.5 Å². The molecule has 0 bridgehead atoms. The van der Waals surface area contributed by atoms with Gasteiger partial charge in [-0.05, 0) is 35.7 Å². The first kappa shape index (κ1) is 17.9. The highest BCUT2D eigenvalue weighted by atomic mass is 19.1. The Labute approximate surface area is 154 Å². The summed E-state index contributed by atoms with van der Waals surface area (Å²) in [6.07, 6.45) is 4.61. The molecule has 2 aromatic heterocycles. The van der Waals surface area contributed by atoms with Crippen molar-refractivity contribution in [3.05, 3.63) is 77.3 Å². The fraction of sp³-hybridized carbons (Fsp3) is 0.105. The lowest BCUT2D eigenvalue weighted by Gasteiger charge is -2.07. The lowest BCUT2D eigenvalue weighted by Crippen LogP contribution is -2.15. The van der Waals surface area contributed by atoms with Crippen molar-refractivity contribution in [1.82, 2.24) is 15.0 Å². The van der Waals surface area contributed by atoms with Gasteiger partial charge in [0, 0.05) is 6.20 Å². The molecule has 0 spiro atoms. The SMILES string of the molecule is COc1cc(Cc2ccc(NC(=O)c3cnc(C#N)cn3)nc2)ccc1F. The Kier molecular flexibility index (Phi) is 5.33. The van der Waals surface area contributed by atoms with Crippen LogP contribution in [0, 0.1) is 17.1 Å². The predicted molar refractivity (Wildman–Crippen MR) is 94.7 cm³/mol. The van der Waals surface area contributed by atoms with E-state index in [2.05, 4.69) is 20.3 Å². The van der Waals surface area contributed by atoms with E-state index in [0.29, 0.717) is 12.2 Å². The van der Waals surface area contributed by atoms with Crippen molar-refractivity contribution in [1.29, 1.82) is 5.26 Å². The molecule has 0 unspecified atom stereocenters. The van der Waals surface area contributed by atoms with E-state index < -0.39 is 11.7 Å². The molecular formula is C19H14FN5O2. The summed E-state index contributed by atoms with van der Waals surface area (Å²) >= 11 is 0. The third-order valence-corrected chi connectivity index (χ3v) is 3.69. The molecule has 0 aliphatic rings. The number of rotatable bonds is 5. The molecule has 134 valence electrons. The van der Waals surface area contributed by atoms with E-state index in [9.17, 15) is 9.18 Å². The third-order valence-electron chi connectivity index (χ3n) is 3.69. The molecule has 8 heteroatoms. The Morgan fingerprint density at radius 2 is 1.96 bits per heavy atom. The smallest absolute Gasteiger partial charge is 0.277 e. The molecule has 3 rings (SSSR count). The molecule has 0 saturated carbocycles. The molecular weight excluding hydrogens is 349 g/mol. The van der Waals surface area contributed by atoms with Gasteiger partial charge in [-0.25, -0.2) is 19.3 Å². The predicted octanol–water partition coefficient (Wildman–Crippen LogP) is 2.73. The van der Waals surface area contributed by atoms with E-state index in [1.165, 1.54) is 25.6 Å². The summed E-state index contributed by atoms with van der Waals surface area (Å²) in [6.45, 7) is 0. The highest BCUT2D eigenvalue weighted by Gasteiger charge is 2.10. The number of anilines is 1. The van der Waals surface area contributed by atoms with Gasteiger partial charge < -0.3 is 10.1 Å². The van der Waals surface area contributed by atoms with E-state index in [-0.39, 0.29) is 17.1 Å². The van der Waals surface area contributed by atoms with Gasteiger partial charge in [0.2, 0.25) is 0 Å². The van der Waals surface area contributed by atoms with Crippen molar-refractivity contribution in [3.63, 3.8) is 0 Å². The van der Waals surface area contributed by atoms with Crippen LogP contribution < -0.4 is 10.1 Å². The summed E-state index contributed by atoms with van der Waals surface area (Å²) in [5, 5.41) is 11.3. The van der Waals surface area contributed by atoms with Crippen molar-refractivity contribution < 1.29 is 13.9 Å². The van der Waals surface area contributed by atoms with E-state index >= 15 is 0 Å². The van der Waals surface area contributed by atoms with Crippen molar-refractivity contribution in [3.8, 4) is 11.8 Å². The van der Waals surface area contributed by atoms with Crippen LogP contribution in [-0.2, 0) is 6.42 Å². The van der Waals surface area contributed by atoms with Crippen LogP contribution in [-0.4, -0.2) is 28.0 Å². The normalized spacial score (nSPS) is 10.1. The average molecular weight is 363 g/mol. The number of halogens is 1. The number of carbonyl (C=O) groups excluding carboxylic acids is 1. The van der Waals surface area contributed by atoms with Gasteiger partial charge in [0.1, 0.15) is 17.6 Å². The second-order valence-corrected chi connectivity index (χ2v) is 5.55. The van der Waals surface area contributed by atoms with Gasteiger partial charge in [-0.15, -0.1) is 0 Å². The lowest BCUT2D eigenvalue weighted by molar-refractivity contribution is 0.102. The molecule has 0 aliphatic heterocycles. The maximum atomic E-state index is 13.5. The number of methoxy groups -OCH3 is 1. The number of aromatic nitrogens is 3. The first-order valence-corrected chi connectivity index (χ1v) is 7.90. The van der Waals surface area contributed by atoms with Gasteiger partial charge in [-0.3, -0.25) is 4.79 Å². The van der Waals surface area contributed by atoms with Crippen molar-refractivity contribution in [2.45, 2.75) is 6.42 Å². The molecule has 2 heterocycles. The van der Waals surface area contributed by atoms with Crippen molar-refractivity contribution >= 4 is 11.7 Å². The number of nitrogens with one attached hydrogen (secondary N) is 1. The second kappa shape index (κ2) is 8.01. The topological polar surface area (TPSA) is 101 Å². The summed E-state index contributed by atoms with van der Waals surface area (Å²) in [5.74, 6) is -0.349. The molecule has 0 aliphatic carbocycles. The van der Waals surface area contributed by atoms with Gasteiger partial charge in [-0.2, -0.15) is 5.26 Å². The zero-order valence-electron chi connectivity index (χ0n) is 14.3. The number of carbonyl (C=O) groups is 1. The van der Waals surface area contributed by atoms with Crippen LogP contribution in [0.3, 0.4) is 0 Å². The highest BCUT2D eigenvalue weighted by Crippen LogP contribution is 2.20. The number of hydrogen-bond acceptors (Lipinski definition) is 6. The molecule has 1 amide bonds. The number of hydrogen-bond donors (Lipinski definition) is 1. The van der Waals surface area contributed by atoms with E-state index in [1.54, 1.807) is 24.4 Å². The number of benzene rings is 1. The number of pyridine rings is 1. The van der Waals surface area contributed by atoms with E-state index in [4.69, 9.17) is 10.00 Å². The molecule has 7 nitrogen and oxygen atoms in total. The van der Waals surface area contributed by atoms with Gasteiger partial charge in [-0.1, -0.05) is 12.1 Å². The number of nitriles is 1. The number of nitrogens with zero attached hydrogens (tertiary/aromatic N) is 4. The van der Waals surface area contributed by atoms with Crippen molar-refractivity contribution in [2.24, 2.45) is 0 Å². The number of amides is 1. The first-order chi connectivity index (χ1) is 13.1. The Hall–Kier alpha value is -3.86. The largest absolute Gasteiger partial charge is 0.494 e. The van der Waals surface area contributed by atoms with Crippen LogP contribution >= 0.6 is 0 Å². The minimum atomic E-state index is -0.476. The molecule has 0 radical (unpaired) electrons. The fourth-order valence-electron chi connectivity index (χ4n) is 2.34. The second-order valence-electron chi connectivity index (χ2n) is 5.55. The van der Waals surface area contributed by atoms with Crippen LogP contribution in [0.2, 0.25) is 0 Å². The lowest BCUT2D eigenvalue weighted by atomic mass is 10.1. The zero-order valence-corrected chi connectivity index (χ0v) is 14.3. The highest BCUT2D eigenvalue weighted by molar-refractivity contribution is 6.02. The molecule has 0 atom stereocenters. The van der Waals surface area contributed by atoms with E-state index in [1.807, 2.05) is 12.1 Å². The van der Waals surface area contributed by atoms with Gasteiger partial charge >= 0.3 is 0 Å². The summed E-state index contributed by atoms with van der Waals surface area (Å²) < 4.78 is 18.4. The average Bonchev–Trinajstić information content (AvgIpc) is 2.71. The summed E-state index contributed by atoms with van der Waals surface area (Å²) in [5.41, 5.74) is 1.98. The van der Waals surface area contributed by atoms with Gasteiger partial charge in [0.25, 0.3) is 5.91 Å². The van der Waals surface area contributed by atoms with Crippen LogP contribution in [0.25, 0.3) is 0 Å². The first-order valence-electron chi connectivity index (χ1n) is 7.90. The van der Waals surface area contributed by atoms with Gasteiger partial charge in [0.15, 0.2) is 17.3 Å². The minimum Gasteiger partial charge on any atom is -0.494 e.